The zero-order valence-corrected chi connectivity index (χ0v) is 40.7. The van der Waals surface area contributed by atoms with Crippen molar-refractivity contribution in [3.8, 4) is 0 Å². The van der Waals surface area contributed by atoms with E-state index in [2.05, 4.69) is 92.9 Å². The molecule has 0 fully saturated rings. The third-order valence-corrected chi connectivity index (χ3v) is 11.6. The van der Waals surface area contributed by atoms with Crippen molar-refractivity contribution in [2.75, 3.05) is 6.61 Å². The van der Waals surface area contributed by atoms with E-state index >= 15 is 0 Å². The molecule has 6 heteroatoms. The van der Waals surface area contributed by atoms with Crippen LogP contribution in [0.1, 0.15) is 245 Å². The maximum absolute atomic E-state index is 13.2. The van der Waals surface area contributed by atoms with Gasteiger partial charge in [-0.05, 0) is 64.2 Å². The smallest absolute Gasteiger partial charge is 0.306 e. The van der Waals surface area contributed by atoms with Crippen LogP contribution >= 0.6 is 0 Å². The molecule has 0 bridgehead atoms. The fourth-order valence-electron chi connectivity index (χ4n) is 7.63. The van der Waals surface area contributed by atoms with Crippen LogP contribution in [0.2, 0.25) is 0 Å². The first kappa shape index (κ1) is 59.3. The quantitative estimate of drug-likeness (QED) is 0.0322. The molecule has 0 saturated carbocycles. The summed E-state index contributed by atoms with van der Waals surface area (Å²) >= 11 is 0. The predicted molar refractivity (Wildman–Crippen MR) is 268 cm³/mol. The average Bonchev–Trinajstić information content (AvgIpc) is 3.26. The molecule has 62 heavy (non-hydrogen) atoms. The molecule has 0 aromatic heterocycles. The molecule has 0 aromatic rings. The highest BCUT2D eigenvalue weighted by Gasteiger charge is 2.24. The standard InChI is InChI=1S/C56H99NO5/c1-4-7-10-13-16-19-22-24-26-27-28-29-30-32-34-37-40-43-46-49-56(61)62-52(47-44-41-38-35-21-18-15-12-9-6-3)50-55(60)57-53(51-58)54(59)48-45-42-39-36-33-31-25-23-20-17-14-11-8-5-2/h7,10,16,19,24,26,28-29,32,34,40,43,52-54,58-59H,4-6,8-9,11-15,17-18,20-23,25,27,30-31,33,35-39,41-42,44-51H2,1-3H3,(H,57,60)/b10-7-,19-16-,26-24-,29-28-,34-32-,43-40-. The Morgan fingerprint density at radius 2 is 0.839 bits per heavy atom. The highest BCUT2D eigenvalue weighted by molar-refractivity contribution is 5.77. The second-order valence-corrected chi connectivity index (χ2v) is 17.5. The fourth-order valence-corrected chi connectivity index (χ4v) is 7.63. The number of allylic oxidation sites excluding steroid dienone is 12. The summed E-state index contributed by atoms with van der Waals surface area (Å²) in [5.74, 6) is -0.572. The Labute approximate surface area is 383 Å². The van der Waals surface area contributed by atoms with E-state index in [1.807, 2.05) is 6.08 Å². The Bertz CT molecular complexity index is 1150. The number of carbonyl (C=O) groups is 2. The van der Waals surface area contributed by atoms with Crippen molar-refractivity contribution < 1.29 is 24.5 Å². The molecule has 0 heterocycles. The van der Waals surface area contributed by atoms with E-state index in [1.54, 1.807) is 0 Å². The Kier molecular flexibility index (Phi) is 47.2. The molecule has 0 spiro atoms. The van der Waals surface area contributed by atoms with Crippen LogP contribution in [0.15, 0.2) is 72.9 Å². The molecule has 0 radical (unpaired) electrons. The van der Waals surface area contributed by atoms with Crippen molar-refractivity contribution in [2.45, 2.75) is 264 Å². The lowest BCUT2D eigenvalue weighted by Crippen LogP contribution is -2.46. The number of ether oxygens (including phenoxy) is 1. The van der Waals surface area contributed by atoms with Crippen LogP contribution in [-0.2, 0) is 14.3 Å². The highest BCUT2D eigenvalue weighted by atomic mass is 16.5. The molecule has 3 atom stereocenters. The van der Waals surface area contributed by atoms with Gasteiger partial charge in [0.2, 0.25) is 5.91 Å². The van der Waals surface area contributed by atoms with E-state index in [4.69, 9.17) is 4.74 Å². The van der Waals surface area contributed by atoms with E-state index in [9.17, 15) is 19.8 Å². The van der Waals surface area contributed by atoms with Gasteiger partial charge in [-0.1, -0.05) is 241 Å². The minimum absolute atomic E-state index is 0.0468. The number of aliphatic hydroxyl groups is 2. The van der Waals surface area contributed by atoms with Gasteiger partial charge in [-0.2, -0.15) is 0 Å². The molecular weight excluding hydrogens is 767 g/mol. The summed E-state index contributed by atoms with van der Waals surface area (Å²) in [7, 11) is 0. The number of rotatable bonds is 46. The molecular formula is C56H99NO5. The SMILES string of the molecule is CC/C=C\C/C=C\C/C=C\C/C=C\C/C=C\C/C=C\CCC(=O)OC(CCCCCCCCCCCC)CC(=O)NC(CO)C(O)CCCCCCCCCCCCCCCC. The summed E-state index contributed by atoms with van der Waals surface area (Å²) < 4.78 is 5.88. The van der Waals surface area contributed by atoms with Gasteiger partial charge in [0.05, 0.1) is 25.2 Å². The van der Waals surface area contributed by atoms with Gasteiger partial charge in [0, 0.05) is 6.42 Å². The molecule has 0 aromatic carbocycles. The first-order chi connectivity index (χ1) is 30.5. The van der Waals surface area contributed by atoms with Crippen molar-refractivity contribution >= 4 is 11.9 Å². The number of esters is 1. The van der Waals surface area contributed by atoms with Crippen molar-refractivity contribution in [1.29, 1.82) is 0 Å². The van der Waals surface area contributed by atoms with Crippen LogP contribution in [0.5, 0.6) is 0 Å². The fraction of sp³-hybridized carbons (Fsp3) is 0.750. The summed E-state index contributed by atoms with van der Waals surface area (Å²) in [5.41, 5.74) is 0. The van der Waals surface area contributed by atoms with Crippen LogP contribution in [-0.4, -0.2) is 46.9 Å². The number of amides is 1. The van der Waals surface area contributed by atoms with Gasteiger partial charge in [0.15, 0.2) is 0 Å². The molecule has 0 aliphatic heterocycles. The summed E-state index contributed by atoms with van der Waals surface area (Å²) in [4.78, 5) is 26.1. The molecule has 0 rings (SSSR count). The minimum Gasteiger partial charge on any atom is -0.462 e. The third-order valence-electron chi connectivity index (χ3n) is 11.6. The van der Waals surface area contributed by atoms with Crippen LogP contribution in [0.25, 0.3) is 0 Å². The van der Waals surface area contributed by atoms with Gasteiger partial charge in [-0.25, -0.2) is 0 Å². The first-order valence-electron chi connectivity index (χ1n) is 26.2. The normalized spacial score (nSPS) is 13.8. The van der Waals surface area contributed by atoms with Crippen molar-refractivity contribution in [2.24, 2.45) is 0 Å². The molecule has 0 saturated heterocycles. The molecule has 1 amide bonds. The van der Waals surface area contributed by atoms with Gasteiger partial charge in [-0.15, -0.1) is 0 Å². The van der Waals surface area contributed by atoms with Gasteiger partial charge >= 0.3 is 5.97 Å². The molecule has 0 aliphatic rings. The van der Waals surface area contributed by atoms with Crippen LogP contribution in [0, 0.1) is 0 Å². The minimum atomic E-state index is -0.800. The molecule has 0 aliphatic carbocycles. The van der Waals surface area contributed by atoms with Crippen molar-refractivity contribution in [1.82, 2.24) is 5.32 Å². The van der Waals surface area contributed by atoms with E-state index in [-0.39, 0.29) is 31.3 Å². The first-order valence-corrected chi connectivity index (χ1v) is 26.2. The summed E-state index contributed by atoms with van der Waals surface area (Å²) in [6, 6.07) is -0.716. The van der Waals surface area contributed by atoms with E-state index in [1.165, 1.54) is 116 Å². The summed E-state index contributed by atoms with van der Waals surface area (Å²) in [6.45, 7) is 6.35. The molecule has 3 N–H and O–H groups in total. The monoisotopic (exact) mass is 866 g/mol. The third kappa shape index (κ3) is 43.9. The van der Waals surface area contributed by atoms with Crippen LogP contribution < -0.4 is 5.32 Å². The van der Waals surface area contributed by atoms with Gasteiger partial charge in [-0.3, -0.25) is 9.59 Å². The van der Waals surface area contributed by atoms with Crippen LogP contribution in [0.3, 0.4) is 0 Å². The Hall–Kier alpha value is -2.70. The van der Waals surface area contributed by atoms with Gasteiger partial charge < -0.3 is 20.3 Å². The predicted octanol–water partition coefficient (Wildman–Crippen LogP) is 15.8. The van der Waals surface area contributed by atoms with E-state index in [0.29, 0.717) is 19.3 Å². The van der Waals surface area contributed by atoms with Crippen molar-refractivity contribution in [3.05, 3.63) is 72.9 Å². The zero-order chi connectivity index (χ0) is 45.2. The van der Waals surface area contributed by atoms with Gasteiger partial charge in [0.1, 0.15) is 6.10 Å². The van der Waals surface area contributed by atoms with Crippen molar-refractivity contribution in [3.63, 3.8) is 0 Å². The summed E-state index contributed by atoms with van der Waals surface area (Å²) in [5, 5.41) is 23.7. The van der Waals surface area contributed by atoms with E-state index < -0.39 is 18.2 Å². The lowest BCUT2D eigenvalue weighted by Gasteiger charge is -2.24. The topological polar surface area (TPSA) is 95.9 Å². The number of carbonyl (C=O) groups excluding carboxylic acids is 2. The second kappa shape index (κ2) is 49.3. The Morgan fingerprint density at radius 1 is 0.484 bits per heavy atom. The average molecular weight is 866 g/mol. The maximum atomic E-state index is 13.2. The Morgan fingerprint density at radius 3 is 1.23 bits per heavy atom. The summed E-state index contributed by atoms with van der Waals surface area (Å²) in [6.07, 6.45) is 62.6. The Balaban J connectivity index is 4.60. The number of hydrogen-bond acceptors (Lipinski definition) is 5. The molecule has 358 valence electrons. The number of hydrogen-bond donors (Lipinski definition) is 3. The maximum Gasteiger partial charge on any atom is 0.306 e. The second-order valence-electron chi connectivity index (χ2n) is 17.5. The molecule has 6 nitrogen and oxygen atoms in total. The lowest BCUT2D eigenvalue weighted by atomic mass is 10.0. The van der Waals surface area contributed by atoms with Crippen LogP contribution in [0.4, 0.5) is 0 Å². The van der Waals surface area contributed by atoms with Gasteiger partial charge in [0.25, 0.3) is 0 Å². The number of unbranched alkanes of at least 4 members (excludes halogenated alkanes) is 22. The number of aliphatic hydroxyl groups excluding tert-OH is 2. The number of nitrogens with one attached hydrogen (secondary N) is 1. The highest BCUT2D eigenvalue weighted by Crippen LogP contribution is 2.17. The van der Waals surface area contributed by atoms with E-state index in [0.717, 1.165) is 77.0 Å². The lowest BCUT2D eigenvalue weighted by molar-refractivity contribution is -0.150. The molecule has 3 unspecified atom stereocenters. The zero-order valence-electron chi connectivity index (χ0n) is 40.7. The largest absolute Gasteiger partial charge is 0.462 e.